The van der Waals surface area contributed by atoms with E-state index >= 15 is 0 Å². The predicted octanol–water partition coefficient (Wildman–Crippen LogP) is 3.20. The van der Waals surface area contributed by atoms with E-state index < -0.39 is 0 Å². The zero-order valence-electron chi connectivity index (χ0n) is 11.0. The molecule has 0 radical (unpaired) electrons. The lowest BCUT2D eigenvalue weighted by atomic mass is 10.1. The van der Waals surface area contributed by atoms with E-state index in [9.17, 15) is 0 Å². The third-order valence-corrected chi connectivity index (χ3v) is 4.00. The largest absolute Gasteiger partial charge is 0.384 e. The van der Waals surface area contributed by atoms with Crippen molar-refractivity contribution in [3.05, 3.63) is 28.8 Å². The van der Waals surface area contributed by atoms with Crippen molar-refractivity contribution in [1.82, 2.24) is 0 Å². The van der Waals surface area contributed by atoms with E-state index in [1.54, 1.807) is 6.07 Å². The number of rotatable bonds is 6. The Morgan fingerprint density at radius 2 is 2.22 bits per heavy atom. The third-order valence-electron chi connectivity index (χ3n) is 3.04. The number of nitrogens with two attached hydrogens (primary N) is 1. The molecule has 0 fully saturated rings. The maximum atomic E-state index is 7.65. The van der Waals surface area contributed by atoms with Gasteiger partial charge >= 0.3 is 0 Å². The molecule has 3 N–H and O–H groups in total. The van der Waals surface area contributed by atoms with Crippen LogP contribution in [0.25, 0.3) is 0 Å². The van der Waals surface area contributed by atoms with Crippen molar-refractivity contribution in [3.63, 3.8) is 0 Å². The first kappa shape index (κ1) is 15.2. The van der Waals surface area contributed by atoms with Crippen molar-refractivity contribution in [2.75, 3.05) is 24.0 Å². The molecule has 0 heterocycles. The van der Waals surface area contributed by atoms with Gasteiger partial charge in [-0.2, -0.15) is 11.8 Å². The molecular weight excluding hydrogens is 266 g/mol. The fraction of sp³-hybridized carbons (Fsp3) is 0.462. The van der Waals surface area contributed by atoms with E-state index in [0.29, 0.717) is 16.6 Å². The molecule has 5 heteroatoms. The normalized spacial score (nSPS) is 12.2. The van der Waals surface area contributed by atoms with Crippen molar-refractivity contribution in [2.45, 2.75) is 19.4 Å². The van der Waals surface area contributed by atoms with Gasteiger partial charge in [-0.25, -0.2) is 0 Å². The Hall–Kier alpha value is -0.870. The smallest absolute Gasteiger partial charge is 0.126 e. The summed E-state index contributed by atoms with van der Waals surface area (Å²) >= 11 is 7.96. The molecule has 0 aliphatic heterocycles. The van der Waals surface area contributed by atoms with E-state index in [-0.39, 0.29) is 5.84 Å². The van der Waals surface area contributed by atoms with E-state index in [1.807, 2.05) is 30.9 Å². The summed E-state index contributed by atoms with van der Waals surface area (Å²) in [6.45, 7) is 2.17. The molecule has 1 aromatic rings. The molecule has 1 rings (SSSR count). The van der Waals surface area contributed by atoms with Crippen LogP contribution in [-0.4, -0.2) is 30.9 Å². The molecule has 0 spiro atoms. The lowest BCUT2D eigenvalue weighted by Crippen LogP contribution is -2.31. The molecule has 18 heavy (non-hydrogen) atoms. The summed E-state index contributed by atoms with van der Waals surface area (Å²) in [6.07, 6.45) is 3.19. The summed E-state index contributed by atoms with van der Waals surface area (Å²) < 4.78 is 0. The average Bonchev–Trinajstić information content (AvgIpc) is 2.34. The molecule has 0 bridgehead atoms. The number of benzene rings is 1. The van der Waals surface area contributed by atoms with Crippen molar-refractivity contribution in [3.8, 4) is 0 Å². The van der Waals surface area contributed by atoms with Gasteiger partial charge in [0.15, 0.2) is 0 Å². The molecule has 0 amide bonds. The quantitative estimate of drug-likeness (QED) is 0.623. The number of amidine groups is 1. The number of halogens is 1. The Morgan fingerprint density at radius 3 is 2.78 bits per heavy atom. The van der Waals surface area contributed by atoms with Crippen LogP contribution in [0.1, 0.15) is 18.9 Å². The SMILES string of the molecule is CSCCC(C)N(C)c1cccc(Cl)c1C(=N)N. The van der Waals surface area contributed by atoms with Gasteiger partial charge in [-0.1, -0.05) is 17.7 Å². The average molecular weight is 286 g/mol. The Bertz CT molecular complexity index is 423. The number of nitrogens with zero attached hydrogens (tertiary/aromatic N) is 1. The molecule has 0 aromatic heterocycles. The van der Waals surface area contributed by atoms with Gasteiger partial charge in [0.2, 0.25) is 0 Å². The van der Waals surface area contributed by atoms with Crippen molar-refractivity contribution < 1.29 is 0 Å². The summed E-state index contributed by atoms with van der Waals surface area (Å²) in [6, 6.07) is 6.00. The Labute approximate surface area is 118 Å². The number of nitrogens with one attached hydrogen (secondary N) is 1. The minimum atomic E-state index is 0.0134. The first-order chi connectivity index (χ1) is 8.49. The van der Waals surface area contributed by atoms with Crippen molar-refractivity contribution in [2.24, 2.45) is 5.73 Å². The molecule has 1 unspecified atom stereocenters. The highest BCUT2D eigenvalue weighted by Gasteiger charge is 2.16. The number of hydrogen-bond acceptors (Lipinski definition) is 3. The first-order valence-electron chi connectivity index (χ1n) is 5.83. The zero-order chi connectivity index (χ0) is 13.7. The van der Waals surface area contributed by atoms with E-state index in [4.69, 9.17) is 22.7 Å². The fourth-order valence-electron chi connectivity index (χ4n) is 1.79. The molecule has 0 aliphatic carbocycles. The van der Waals surface area contributed by atoms with Gasteiger partial charge in [-0.3, -0.25) is 5.41 Å². The standard InChI is InChI=1S/C13H20ClN3S/c1-9(7-8-18-3)17(2)11-6-4-5-10(14)12(11)13(15)16/h4-6,9H,7-8H2,1-3H3,(H3,15,16). The highest BCUT2D eigenvalue weighted by Crippen LogP contribution is 2.28. The van der Waals surface area contributed by atoms with E-state index in [0.717, 1.165) is 17.9 Å². The first-order valence-corrected chi connectivity index (χ1v) is 7.61. The van der Waals surface area contributed by atoms with Gasteiger partial charge < -0.3 is 10.6 Å². The van der Waals surface area contributed by atoms with Crippen LogP contribution in [0.2, 0.25) is 5.02 Å². The van der Waals surface area contributed by atoms with Gasteiger partial charge in [0.1, 0.15) is 5.84 Å². The highest BCUT2D eigenvalue weighted by molar-refractivity contribution is 7.98. The Balaban J connectivity index is 3.01. The van der Waals surface area contributed by atoms with Crippen molar-refractivity contribution in [1.29, 1.82) is 5.41 Å². The number of nitrogen functional groups attached to an aromatic ring is 1. The van der Waals surface area contributed by atoms with Crippen LogP contribution in [0, 0.1) is 5.41 Å². The summed E-state index contributed by atoms with van der Waals surface area (Å²) in [5.74, 6) is 1.13. The minimum Gasteiger partial charge on any atom is -0.384 e. The lowest BCUT2D eigenvalue weighted by molar-refractivity contribution is 0.669. The maximum Gasteiger partial charge on any atom is 0.126 e. The number of anilines is 1. The predicted molar refractivity (Wildman–Crippen MR) is 83.3 cm³/mol. The number of thioether (sulfide) groups is 1. The second kappa shape index (κ2) is 6.90. The Morgan fingerprint density at radius 1 is 1.56 bits per heavy atom. The summed E-state index contributed by atoms with van der Waals surface area (Å²) in [5, 5.41) is 8.18. The van der Waals surface area contributed by atoms with E-state index in [2.05, 4.69) is 18.1 Å². The van der Waals surface area contributed by atoms with Crippen LogP contribution >= 0.6 is 23.4 Å². The molecule has 3 nitrogen and oxygen atoms in total. The molecule has 1 atom stereocenters. The fourth-order valence-corrected chi connectivity index (χ4v) is 2.64. The van der Waals surface area contributed by atoms with Crippen LogP contribution in [-0.2, 0) is 0 Å². The molecule has 0 aliphatic rings. The molecule has 1 aromatic carbocycles. The second-order valence-corrected chi connectivity index (χ2v) is 5.68. The topological polar surface area (TPSA) is 53.1 Å². The summed E-state index contributed by atoms with van der Waals surface area (Å²) in [4.78, 5) is 2.14. The molecular formula is C13H20ClN3S. The van der Waals surface area contributed by atoms with Gasteiger partial charge in [-0.15, -0.1) is 0 Å². The van der Waals surface area contributed by atoms with Crippen LogP contribution in [0.5, 0.6) is 0 Å². The van der Waals surface area contributed by atoms with Crippen LogP contribution in [0.3, 0.4) is 0 Å². The minimum absolute atomic E-state index is 0.0134. The zero-order valence-corrected chi connectivity index (χ0v) is 12.6. The molecule has 0 saturated heterocycles. The van der Waals surface area contributed by atoms with Gasteiger partial charge in [-0.05, 0) is 37.5 Å². The third kappa shape index (κ3) is 3.56. The number of hydrogen-bond donors (Lipinski definition) is 2. The van der Waals surface area contributed by atoms with Crippen LogP contribution in [0.4, 0.5) is 5.69 Å². The molecule has 100 valence electrons. The van der Waals surface area contributed by atoms with Crippen LogP contribution in [0.15, 0.2) is 18.2 Å². The monoisotopic (exact) mass is 285 g/mol. The summed E-state index contributed by atoms with van der Waals surface area (Å²) in [5.41, 5.74) is 7.16. The van der Waals surface area contributed by atoms with Gasteiger partial charge in [0.05, 0.1) is 10.6 Å². The lowest BCUT2D eigenvalue weighted by Gasteiger charge is -2.29. The highest BCUT2D eigenvalue weighted by atomic mass is 35.5. The van der Waals surface area contributed by atoms with E-state index in [1.165, 1.54) is 0 Å². The maximum absolute atomic E-state index is 7.65. The van der Waals surface area contributed by atoms with Crippen molar-refractivity contribution >= 4 is 34.9 Å². The van der Waals surface area contributed by atoms with Gasteiger partial charge in [0, 0.05) is 18.8 Å². The summed E-state index contributed by atoms with van der Waals surface area (Å²) in [7, 11) is 2.02. The van der Waals surface area contributed by atoms with Crippen LogP contribution < -0.4 is 10.6 Å². The van der Waals surface area contributed by atoms with Gasteiger partial charge in [0.25, 0.3) is 0 Å². The Kier molecular flexibility index (Phi) is 5.82. The molecule has 0 saturated carbocycles. The second-order valence-electron chi connectivity index (χ2n) is 4.29.